The van der Waals surface area contributed by atoms with Crippen LogP contribution < -0.4 is 5.32 Å². The van der Waals surface area contributed by atoms with Crippen molar-refractivity contribution in [1.82, 2.24) is 0 Å². The minimum atomic E-state index is -0.136. The number of benzene rings is 1. The van der Waals surface area contributed by atoms with Crippen molar-refractivity contribution in [1.29, 1.82) is 0 Å². The average molecular weight is 209 g/mol. The molecular formula is C13H20FN. The SMILES string of the molecule is CCCCC(C)Nc1ccc(C)c(F)c1. The molecule has 1 aromatic rings. The molecule has 1 aromatic carbocycles. The lowest BCUT2D eigenvalue weighted by Gasteiger charge is -2.15. The Morgan fingerprint density at radius 3 is 2.73 bits per heavy atom. The third kappa shape index (κ3) is 3.90. The number of halogens is 1. The van der Waals surface area contributed by atoms with Crippen molar-refractivity contribution < 1.29 is 4.39 Å². The molecule has 1 unspecified atom stereocenters. The molecule has 0 amide bonds. The molecule has 0 aliphatic carbocycles. The van der Waals surface area contributed by atoms with Crippen LogP contribution in [0.4, 0.5) is 10.1 Å². The molecule has 1 rings (SSSR count). The quantitative estimate of drug-likeness (QED) is 0.769. The van der Waals surface area contributed by atoms with Crippen LogP contribution in [0.3, 0.4) is 0 Å². The highest BCUT2D eigenvalue weighted by atomic mass is 19.1. The van der Waals surface area contributed by atoms with Gasteiger partial charge >= 0.3 is 0 Å². The van der Waals surface area contributed by atoms with Gasteiger partial charge in [0.25, 0.3) is 0 Å². The second kappa shape index (κ2) is 5.74. The fourth-order valence-corrected chi connectivity index (χ4v) is 1.55. The van der Waals surface area contributed by atoms with E-state index < -0.39 is 0 Å². The molecule has 0 saturated heterocycles. The first kappa shape index (κ1) is 12.0. The van der Waals surface area contributed by atoms with Crippen LogP contribution >= 0.6 is 0 Å². The molecule has 0 saturated carbocycles. The molecule has 0 radical (unpaired) electrons. The summed E-state index contributed by atoms with van der Waals surface area (Å²) in [5.41, 5.74) is 1.57. The summed E-state index contributed by atoms with van der Waals surface area (Å²) in [5.74, 6) is -0.136. The number of hydrogen-bond donors (Lipinski definition) is 1. The van der Waals surface area contributed by atoms with E-state index in [1.54, 1.807) is 13.0 Å². The van der Waals surface area contributed by atoms with E-state index in [-0.39, 0.29) is 5.82 Å². The van der Waals surface area contributed by atoms with Gasteiger partial charge in [0, 0.05) is 11.7 Å². The standard InChI is InChI=1S/C13H20FN/c1-4-5-6-11(3)15-12-8-7-10(2)13(14)9-12/h7-9,11,15H,4-6H2,1-3H3. The molecule has 0 aromatic heterocycles. The molecule has 0 spiro atoms. The zero-order valence-corrected chi connectivity index (χ0v) is 9.81. The van der Waals surface area contributed by atoms with Crippen LogP contribution in [0.2, 0.25) is 0 Å². The molecule has 0 bridgehead atoms. The topological polar surface area (TPSA) is 12.0 Å². The number of aryl methyl sites for hydroxylation is 1. The summed E-state index contributed by atoms with van der Waals surface area (Å²) < 4.78 is 13.2. The highest BCUT2D eigenvalue weighted by Gasteiger charge is 2.03. The molecule has 0 aliphatic rings. The van der Waals surface area contributed by atoms with Gasteiger partial charge in [0.15, 0.2) is 0 Å². The van der Waals surface area contributed by atoms with E-state index in [1.165, 1.54) is 12.8 Å². The predicted octanol–water partition coefficient (Wildman–Crippen LogP) is 4.12. The number of unbranched alkanes of at least 4 members (excludes halogenated alkanes) is 1. The van der Waals surface area contributed by atoms with Gasteiger partial charge in [0.05, 0.1) is 0 Å². The first-order valence-corrected chi connectivity index (χ1v) is 5.66. The van der Waals surface area contributed by atoms with Crippen molar-refractivity contribution in [2.45, 2.75) is 46.1 Å². The van der Waals surface area contributed by atoms with Crippen molar-refractivity contribution in [3.05, 3.63) is 29.6 Å². The fraction of sp³-hybridized carbons (Fsp3) is 0.538. The van der Waals surface area contributed by atoms with Crippen LogP contribution in [0.15, 0.2) is 18.2 Å². The molecule has 0 heterocycles. The Labute approximate surface area is 91.7 Å². The Morgan fingerprint density at radius 1 is 1.40 bits per heavy atom. The van der Waals surface area contributed by atoms with Gasteiger partial charge in [-0.05, 0) is 38.0 Å². The van der Waals surface area contributed by atoms with Crippen molar-refractivity contribution in [3.8, 4) is 0 Å². The van der Waals surface area contributed by atoms with Crippen LogP contribution in [0, 0.1) is 12.7 Å². The molecule has 1 N–H and O–H groups in total. The monoisotopic (exact) mass is 209 g/mol. The normalized spacial score (nSPS) is 12.5. The zero-order chi connectivity index (χ0) is 11.3. The lowest BCUT2D eigenvalue weighted by Crippen LogP contribution is -2.14. The zero-order valence-electron chi connectivity index (χ0n) is 9.81. The molecular weight excluding hydrogens is 189 g/mol. The van der Waals surface area contributed by atoms with Crippen LogP contribution in [0.25, 0.3) is 0 Å². The summed E-state index contributed by atoms with van der Waals surface area (Å²) in [4.78, 5) is 0. The Hall–Kier alpha value is -1.05. The van der Waals surface area contributed by atoms with E-state index in [2.05, 4.69) is 19.2 Å². The van der Waals surface area contributed by atoms with Crippen molar-refractivity contribution in [3.63, 3.8) is 0 Å². The molecule has 1 atom stereocenters. The minimum Gasteiger partial charge on any atom is -0.383 e. The lowest BCUT2D eigenvalue weighted by molar-refractivity contribution is 0.616. The van der Waals surface area contributed by atoms with Gasteiger partial charge < -0.3 is 5.32 Å². The largest absolute Gasteiger partial charge is 0.383 e. The minimum absolute atomic E-state index is 0.136. The average Bonchev–Trinajstić information content (AvgIpc) is 2.20. The first-order valence-electron chi connectivity index (χ1n) is 5.66. The van der Waals surface area contributed by atoms with Crippen molar-refractivity contribution >= 4 is 5.69 Å². The van der Waals surface area contributed by atoms with Crippen LogP contribution in [-0.2, 0) is 0 Å². The second-order valence-electron chi connectivity index (χ2n) is 4.15. The van der Waals surface area contributed by atoms with Gasteiger partial charge in [-0.3, -0.25) is 0 Å². The summed E-state index contributed by atoms with van der Waals surface area (Å²) in [7, 11) is 0. The molecule has 0 aliphatic heterocycles. The summed E-state index contributed by atoms with van der Waals surface area (Å²) in [6, 6.07) is 5.72. The molecule has 15 heavy (non-hydrogen) atoms. The number of rotatable bonds is 5. The van der Waals surface area contributed by atoms with E-state index >= 15 is 0 Å². The summed E-state index contributed by atoms with van der Waals surface area (Å²) in [6.45, 7) is 6.09. The van der Waals surface area contributed by atoms with E-state index in [9.17, 15) is 4.39 Å². The van der Waals surface area contributed by atoms with Gasteiger partial charge in [0.1, 0.15) is 5.82 Å². The Balaban J connectivity index is 2.53. The van der Waals surface area contributed by atoms with Crippen molar-refractivity contribution in [2.75, 3.05) is 5.32 Å². The fourth-order valence-electron chi connectivity index (χ4n) is 1.55. The van der Waals surface area contributed by atoms with Gasteiger partial charge in [0.2, 0.25) is 0 Å². The second-order valence-corrected chi connectivity index (χ2v) is 4.15. The highest BCUT2D eigenvalue weighted by Crippen LogP contribution is 2.15. The Bertz CT molecular complexity index is 309. The van der Waals surface area contributed by atoms with Gasteiger partial charge in [-0.2, -0.15) is 0 Å². The van der Waals surface area contributed by atoms with E-state index in [0.717, 1.165) is 12.1 Å². The van der Waals surface area contributed by atoms with Crippen molar-refractivity contribution in [2.24, 2.45) is 0 Å². The predicted molar refractivity (Wildman–Crippen MR) is 63.7 cm³/mol. The van der Waals surface area contributed by atoms with Crippen LogP contribution in [0.5, 0.6) is 0 Å². The summed E-state index contributed by atoms with van der Waals surface area (Å²) >= 11 is 0. The Morgan fingerprint density at radius 2 is 2.13 bits per heavy atom. The van der Waals surface area contributed by atoms with E-state index in [0.29, 0.717) is 11.6 Å². The van der Waals surface area contributed by atoms with E-state index in [4.69, 9.17) is 0 Å². The molecule has 84 valence electrons. The maximum absolute atomic E-state index is 13.2. The summed E-state index contributed by atoms with van der Waals surface area (Å²) in [5, 5.41) is 3.30. The third-order valence-corrected chi connectivity index (χ3v) is 2.58. The van der Waals surface area contributed by atoms with Crippen LogP contribution in [0.1, 0.15) is 38.7 Å². The lowest BCUT2D eigenvalue weighted by atomic mass is 10.1. The maximum atomic E-state index is 13.2. The first-order chi connectivity index (χ1) is 7.13. The summed E-state index contributed by atoms with van der Waals surface area (Å²) in [6.07, 6.45) is 3.54. The number of hydrogen-bond acceptors (Lipinski definition) is 1. The Kier molecular flexibility index (Phi) is 4.60. The molecule has 0 fully saturated rings. The van der Waals surface area contributed by atoms with Gasteiger partial charge in [-0.15, -0.1) is 0 Å². The maximum Gasteiger partial charge on any atom is 0.128 e. The van der Waals surface area contributed by atoms with Gasteiger partial charge in [-0.25, -0.2) is 4.39 Å². The number of nitrogens with one attached hydrogen (secondary N) is 1. The number of anilines is 1. The van der Waals surface area contributed by atoms with Gasteiger partial charge in [-0.1, -0.05) is 25.8 Å². The molecule has 2 heteroatoms. The smallest absolute Gasteiger partial charge is 0.128 e. The molecule has 1 nitrogen and oxygen atoms in total. The van der Waals surface area contributed by atoms with Crippen LogP contribution in [-0.4, -0.2) is 6.04 Å². The van der Waals surface area contributed by atoms with E-state index in [1.807, 2.05) is 12.1 Å². The third-order valence-electron chi connectivity index (χ3n) is 2.58. The highest BCUT2D eigenvalue weighted by molar-refractivity contribution is 5.45.